The summed E-state index contributed by atoms with van der Waals surface area (Å²) in [5, 5.41) is 6.20. The van der Waals surface area contributed by atoms with Crippen LogP contribution in [0.15, 0.2) is 18.5 Å². The van der Waals surface area contributed by atoms with Gasteiger partial charge in [-0.25, -0.2) is 18.3 Å². The SMILES string of the molecule is N[C@H](c1cn2ncc(CC3CC(C(F)(F)F)NC3=O)cc2n1)C1CCC(F)(F)CC1. The summed E-state index contributed by atoms with van der Waals surface area (Å²) in [5.41, 5.74) is 7.83. The van der Waals surface area contributed by atoms with E-state index in [4.69, 9.17) is 5.73 Å². The van der Waals surface area contributed by atoms with Gasteiger partial charge in [0, 0.05) is 18.8 Å². The summed E-state index contributed by atoms with van der Waals surface area (Å²) in [6, 6.07) is -0.670. The zero-order valence-electron chi connectivity index (χ0n) is 16.0. The average Bonchev–Trinajstić information content (AvgIpc) is 3.24. The van der Waals surface area contributed by atoms with Gasteiger partial charge in [0.25, 0.3) is 0 Å². The van der Waals surface area contributed by atoms with Crippen LogP contribution in [0.2, 0.25) is 0 Å². The predicted molar refractivity (Wildman–Crippen MR) is 96.6 cm³/mol. The van der Waals surface area contributed by atoms with E-state index in [-0.39, 0.29) is 31.6 Å². The third-order valence-electron chi connectivity index (χ3n) is 6.09. The van der Waals surface area contributed by atoms with Gasteiger partial charge in [0.2, 0.25) is 11.8 Å². The third-order valence-corrected chi connectivity index (χ3v) is 6.09. The molecule has 2 aromatic heterocycles. The molecule has 1 amide bonds. The summed E-state index contributed by atoms with van der Waals surface area (Å²) in [4.78, 5) is 16.3. The number of fused-ring (bicyclic) bond motifs is 1. The lowest BCUT2D eigenvalue weighted by atomic mass is 9.81. The summed E-state index contributed by atoms with van der Waals surface area (Å²) >= 11 is 0. The van der Waals surface area contributed by atoms with Crippen LogP contribution in [0.5, 0.6) is 0 Å². The molecular weight excluding hydrogens is 409 g/mol. The molecule has 11 heteroatoms. The molecule has 2 unspecified atom stereocenters. The standard InChI is InChI=1S/C19H22F5N5O/c20-18(21)3-1-11(2-4-18)16(25)13-9-29-15(27-13)6-10(8-26-29)5-12-7-14(19(22,23)24)28-17(12)30/h6,8-9,11-12,14,16H,1-5,7,25H2,(H,28,30)/t12?,14?,16-/m0/s1. The fourth-order valence-corrected chi connectivity index (χ4v) is 4.29. The van der Waals surface area contributed by atoms with Crippen molar-refractivity contribution in [3.05, 3.63) is 29.7 Å². The third kappa shape index (κ3) is 4.26. The van der Waals surface area contributed by atoms with E-state index < -0.39 is 36.0 Å². The molecule has 6 nitrogen and oxygen atoms in total. The van der Waals surface area contributed by atoms with E-state index in [2.05, 4.69) is 10.1 Å². The summed E-state index contributed by atoms with van der Waals surface area (Å²) in [5.74, 6) is -4.15. The number of hydrogen-bond acceptors (Lipinski definition) is 4. The van der Waals surface area contributed by atoms with Gasteiger partial charge in [-0.2, -0.15) is 18.3 Å². The molecule has 3 atom stereocenters. The number of rotatable bonds is 4. The van der Waals surface area contributed by atoms with E-state index in [9.17, 15) is 26.7 Å². The molecule has 1 aliphatic carbocycles. The zero-order chi connectivity index (χ0) is 21.7. The number of halogens is 5. The normalized spacial score (nSPS) is 26.1. The summed E-state index contributed by atoms with van der Waals surface area (Å²) in [6.45, 7) is 0. The number of carbonyl (C=O) groups excluding carboxylic acids is 1. The lowest BCUT2D eigenvalue weighted by molar-refractivity contribution is -0.154. The number of amides is 1. The molecule has 2 fully saturated rings. The van der Waals surface area contributed by atoms with E-state index in [0.717, 1.165) is 0 Å². The maximum Gasteiger partial charge on any atom is 0.408 e. The van der Waals surface area contributed by atoms with Crippen LogP contribution < -0.4 is 11.1 Å². The van der Waals surface area contributed by atoms with Gasteiger partial charge in [-0.05, 0) is 43.2 Å². The number of nitrogens with one attached hydrogen (secondary N) is 1. The van der Waals surface area contributed by atoms with E-state index in [1.807, 2.05) is 5.32 Å². The number of aromatic nitrogens is 3. The number of alkyl halides is 5. The van der Waals surface area contributed by atoms with Gasteiger partial charge in [0.05, 0.1) is 24.1 Å². The Bertz CT molecular complexity index is 933. The second-order valence-corrected chi connectivity index (χ2v) is 8.29. The Labute approximate surface area is 169 Å². The Hall–Kier alpha value is -2.30. The van der Waals surface area contributed by atoms with Crippen molar-refractivity contribution in [3.63, 3.8) is 0 Å². The van der Waals surface area contributed by atoms with Crippen molar-refractivity contribution in [1.82, 2.24) is 19.9 Å². The fraction of sp³-hybridized carbons (Fsp3) is 0.632. The van der Waals surface area contributed by atoms with Gasteiger partial charge in [0.1, 0.15) is 6.04 Å². The molecule has 1 saturated carbocycles. The van der Waals surface area contributed by atoms with E-state index in [1.54, 1.807) is 12.3 Å². The molecule has 1 saturated heterocycles. The number of hydrogen-bond donors (Lipinski definition) is 2. The van der Waals surface area contributed by atoms with Crippen molar-refractivity contribution in [1.29, 1.82) is 0 Å². The first-order valence-corrected chi connectivity index (χ1v) is 9.86. The minimum Gasteiger partial charge on any atom is -0.344 e. The average molecular weight is 431 g/mol. The van der Waals surface area contributed by atoms with Gasteiger partial charge in [-0.15, -0.1) is 0 Å². The molecule has 0 bridgehead atoms. The van der Waals surface area contributed by atoms with Gasteiger partial charge < -0.3 is 11.1 Å². The monoisotopic (exact) mass is 431 g/mol. The second-order valence-electron chi connectivity index (χ2n) is 8.29. The fourth-order valence-electron chi connectivity index (χ4n) is 4.29. The van der Waals surface area contributed by atoms with Gasteiger partial charge in [-0.3, -0.25) is 4.79 Å². The molecular formula is C19H22F5N5O. The Kier molecular flexibility index (Phi) is 5.19. The molecule has 0 spiro atoms. The van der Waals surface area contributed by atoms with Crippen LogP contribution in [0.25, 0.3) is 5.65 Å². The Morgan fingerprint density at radius 3 is 2.63 bits per heavy atom. The van der Waals surface area contributed by atoms with Crippen molar-refractivity contribution in [2.24, 2.45) is 17.6 Å². The molecule has 4 rings (SSSR count). The minimum absolute atomic E-state index is 0.101. The summed E-state index contributed by atoms with van der Waals surface area (Å²) < 4.78 is 66.8. The van der Waals surface area contributed by atoms with E-state index >= 15 is 0 Å². The minimum atomic E-state index is -4.47. The molecule has 0 radical (unpaired) electrons. The highest BCUT2D eigenvalue weighted by Crippen LogP contribution is 2.40. The highest BCUT2D eigenvalue weighted by atomic mass is 19.4. The Morgan fingerprint density at radius 1 is 1.30 bits per heavy atom. The highest BCUT2D eigenvalue weighted by molar-refractivity contribution is 5.81. The van der Waals surface area contributed by atoms with Crippen LogP contribution >= 0.6 is 0 Å². The van der Waals surface area contributed by atoms with Crippen LogP contribution in [0.4, 0.5) is 22.0 Å². The number of carbonyl (C=O) groups is 1. The second kappa shape index (κ2) is 7.44. The highest BCUT2D eigenvalue weighted by Gasteiger charge is 2.47. The maximum atomic E-state index is 13.4. The number of nitrogens with zero attached hydrogens (tertiary/aromatic N) is 3. The van der Waals surface area contributed by atoms with Crippen molar-refractivity contribution in [3.8, 4) is 0 Å². The first kappa shape index (κ1) is 21.0. The topological polar surface area (TPSA) is 85.3 Å². The first-order chi connectivity index (χ1) is 14.0. The van der Waals surface area contributed by atoms with Crippen molar-refractivity contribution >= 4 is 11.6 Å². The van der Waals surface area contributed by atoms with E-state index in [1.165, 1.54) is 10.7 Å². The predicted octanol–water partition coefficient (Wildman–Crippen LogP) is 3.16. The lowest BCUT2D eigenvalue weighted by Gasteiger charge is -2.31. The quantitative estimate of drug-likeness (QED) is 0.729. The molecule has 3 heterocycles. The van der Waals surface area contributed by atoms with Crippen LogP contribution in [0, 0.1) is 11.8 Å². The zero-order valence-corrected chi connectivity index (χ0v) is 16.0. The van der Waals surface area contributed by atoms with Gasteiger partial charge in [0.15, 0.2) is 5.65 Å². The van der Waals surface area contributed by atoms with Crippen molar-refractivity contribution < 1.29 is 26.7 Å². The number of imidazole rings is 1. The van der Waals surface area contributed by atoms with Crippen molar-refractivity contribution in [2.45, 2.75) is 62.7 Å². The smallest absolute Gasteiger partial charge is 0.344 e. The molecule has 0 aromatic carbocycles. The molecule has 30 heavy (non-hydrogen) atoms. The molecule has 3 N–H and O–H groups in total. The molecule has 2 aliphatic rings. The summed E-state index contributed by atoms with van der Waals surface area (Å²) in [7, 11) is 0. The summed E-state index contributed by atoms with van der Waals surface area (Å²) in [6.07, 6.45) is -1.29. The van der Waals surface area contributed by atoms with Crippen LogP contribution in [0.1, 0.15) is 49.4 Å². The van der Waals surface area contributed by atoms with Gasteiger partial charge >= 0.3 is 6.18 Å². The molecule has 2 aromatic rings. The van der Waals surface area contributed by atoms with Crippen LogP contribution in [-0.4, -0.2) is 38.6 Å². The molecule has 1 aliphatic heterocycles. The molecule has 164 valence electrons. The van der Waals surface area contributed by atoms with Crippen molar-refractivity contribution in [2.75, 3.05) is 0 Å². The first-order valence-electron chi connectivity index (χ1n) is 9.86. The van der Waals surface area contributed by atoms with Crippen LogP contribution in [-0.2, 0) is 11.2 Å². The Balaban J connectivity index is 1.46. The lowest BCUT2D eigenvalue weighted by Crippen LogP contribution is -2.38. The van der Waals surface area contributed by atoms with Gasteiger partial charge in [-0.1, -0.05) is 0 Å². The maximum absolute atomic E-state index is 13.4. The largest absolute Gasteiger partial charge is 0.408 e. The van der Waals surface area contributed by atoms with Crippen LogP contribution in [0.3, 0.4) is 0 Å². The number of nitrogens with two attached hydrogens (primary N) is 1. The van der Waals surface area contributed by atoms with E-state index in [0.29, 0.717) is 29.7 Å². The Morgan fingerprint density at radius 2 is 2.00 bits per heavy atom.